The maximum Gasteiger partial charge on any atom is 0.198 e. The molecule has 0 aliphatic carbocycles. The predicted molar refractivity (Wildman–Crippen MR) is 63.9 cm³/mol. The Morgan fingerprint density at radius 1 is 1.47 bits per heavy atom. The van der Waals surface area contributed by atoms with Gasteiger partial charge in [-0.25, -0.2) is 4.90 Å². The Morgan fingerprint density at radius 2 is 2.32 bits per heavy atom. The van der Waals surface area contributed by atoms with Gasteiger partial charge in [-0.2, -0.15) is 4.99 Å². The summed E-state index contributed by atoms with van der Waals surface area (Å²) in [5, 5.41) is 11.2. The summed E-state index contributed by atoms with van der Waals surface area (Å²) in [4.78, 5) is 22.0. The van der Waals surface area contributed by atoms with Crippen molar-refractivity contribution >= 4 is 18.6 Å². The molecule has 2 unspecified atom stereocenters. The van der Waals surface area contributed by atoms with Gasteiger partial charge in [0.1, 0.15) is 18.0 Å². The summed E-state index contributed by atoms with van der Waals surface area (Å²) in [7, 11) is 0. The molecule has 1 saturated heterocycles. The van der Waals surface area contributed by atoms with Crippen LogP contribution in [0, 0.1) is 0 Å². The molecular weight excluding hydrogens is 268 g/mol. The third-order valence-electron chi connectivity index (χ3n) is 3.53. The van der Waals surface area contributed by atoms with Crippen molar-refractivity contribution in [2.75, 3.05) is 6.54 Å². The first-order valence-corrected chi connectivity index (χ1v) is 6.10. The summed E-state index contributed by atoms with van der Waals surface area (Å²) < 4.78 is 0. The normalized spacial score (nSPS) is 28.3. The van der Waals surface area contributed by atoms with Crippen molar-refractivity contribution in [1.29, 1.82) is 0 Å². The molecule has 3 aliphatic heterocycles. The van der Waals surface area contributed by atoms with E-state index in [1.807, 2.05) is 6.20 Å². The van der Waals surface area contributed by atoms with Crippen LogP contribution in [0.3, 0.4) is 0 Å². The Morgan fingerprint density at radius 3 is 3.11 bits per heavy atom. The number of quaternary nitrogens is 1. The molecule has 0 spiro atoms. The average Bonchev–Trinajstić information content (AvgIpc) is 2.82. The van der Waals surface area contributed by atoms with Gasteiger partial charge in [-0.1, -0.05) is 0 Å². The van der Waals surface area contributed by atoms with Crippen LogP contribution in [0.1, 0.15) is 19.3 Å². The van der Waals surface area contributed by atoms with E-state index in [0.717, 1.165) is 35.6 Å². The van der Waals surface area contributed by atoms with Crippen molar-refractivity contribution in [2.24, 2.45) is 9.98 Å². The van der Waals surface area contributed by atoms with E-state index in [1.54, 1.807) is 18.8 Å². The van der Waals surface area contributed by atoms with Crippen LogP contribution in [-0.2, 0) is 0 Å². The van der Waals surface area contributed by atoms with Crippen LogP contribution in [0.5, 0.6) is 0 Å². The lowest BCUT2D eigenvalue weighted by atomic mass is 9.99. The highest BCUT2D eigenvalue weighted by molar-refractivity contribution is 5.82. The number of aliphatic imine (C=N–C) groups is 2. The smallest absolute Gasteiger partial charge is 0.198 e. The molecule has 0 aromatic heterocycles. The monoisotopic (exact) mass is 281 g/mol. The van der Waals surface area contributed by atoms with Crippen LogP contribution in [0.25, 0.3) is 0 Å². The molecule has 0 radical (unpaired) electrons. The van der Waals surface area contributed by atoms with E-state index in [0.29, 0.717) is 6.54 Å². The SMILES string of the molecule is O=C([O-])N1CCCCC1C1=C2C=NC=C[NH+]2C=N1.[Cl-]. The fourth-order valence-corrected chi connectivity index (χ4v) is 2.64. The first-order valence-electron chi connectivity index (χ1n) is 6.10. The number of fused-ring (bicyclic) bond motifs is 1. The molecule has 2 atom stereocenters. The summed E-state index contributed by atoms with van der Waals surface area (Å²) in [5.74, 6) is 0. The number of piperidine rings is 1. The van der Waals surface area contributed by atoms with Crippen molar-refractivity contribution in [3.05, 3.63) is 23.8 Å². The maximum absolute atomic E-state index is 11.2. The van der Waals surface area contributed by atoms with E-state index < -0.39 is 6.09 Å². The summed E-state index contributed by atoms with van der Waals surface area (Å²) in [6.45, 7) is 0.529. The molecule has 1 amide bonds. The first kappa shape index (κ1) is 13.8. The van der Waals surface area contributed by atoms with Gasteiger partial charge in [0, 0.05) is 6.54 Å². The van der Waals surface area contributed by atoms with Gasteiger partial charge in [-0.15, -0.1) is 0 Å². The highest BCUT2D eigenvalue weighted by Gasteiger charge is 2.34. The minimum absolute atomic E-state index is 0. The van der Waals surface area contributed by atoms with Crippen molar-refractivity contribution in [3.63, 3.8) is 0 Å². The van der Waals surface area contributed by atoms with Crippen LogP contribution in [0.15, 0.2) is 33.8 Å². The Balaban J connectivity index is 0.00000133. The third kappa shape index (κ3) is 2.41. The van der Waals surface area contributed by atoms with Gasteiger partial charge in [0.15, 0.2) is 12.0 Å². The molecule has 0 saturated carbocycles. The summed E-state index contributed by atoms with van der Waals surface area (Å²) >= 11 is 0. The molecule has 0 aromatic carbocycles. The predicted octanol–water partition coefficient (Wildman–Crippen LogP) is -4.12. The number of hydrogen-bond donors (Lipinski definition) is 1. The van der Waals surface area contributed by atoms with Crippen LogP contribution in [0.2, 0.25) is 0 Å². The second kappa shape index (κ2) is 5.54. The standard InChI is InChI=1S/C12H14N4O2.ClH/c17-12(18)16-5-2-1-3-9(16)11-10-7-13-4-6-15(10)8-14-11;/h4,6-9H,1-3,5H2,(H,17,18);1H/p-1. The summed E-state index contributed by atoms with van der Waals surface area (Å²) in [6, 6.07) is -0.189. The van der Waals surface area contributed by atoms with E-state index in [4.69, 9.17) is 0 Å². The highest BCUT2D eigenvalue weighted by Crippen LogP contribution is 2.25. The zero-order valence-corrected chi connectivity index (χ0v) is 11.0. The molecule has 3 rings (SSSR count). The molecular formula is C12H14ClN4O2-. The number of carbonyl (C=O) groups excluding carboxylic acids is 1. The van der Waals surface area contributed by atoms with Gasteiger partial charge < -0.3 is 27.2 Å². The molecule has 6 nitrogen and oxygen atoms in total. The van der Waals surface area contributed by atoms with Crippen LogP contribution in [-0.4, -0.2) is 36.1 Å². The fraction of sp³-hybridized carbons (Fsp3) is 0.417. The Labute approximate surface area is 117 Å². The fourth-order valence-electron chi connectivity index (χ4n) is 2.64. The minimum atomic E-state index is -1.11. The number of likely N-dealkylation sites (tertiary alicyclic amines) is 1. The van der Waals surface area contributed by atoms with Crippen LogP contribution in [0.4, 0.5) is 4.79 Å². The number of nitrogens with one attached hydrogen (secondary N) is 1. The Kier molecular flexibility index (Phi) is 4.01. The van der Waals surface area contributed by atoms with Crippen LogP contribution < -0.4 is 22.4 Å². The number of carboxylic acid groups (broad SMARTS) is 1. The number of hydrogen-bond acceptors (Lipinski definition) is 4. The lowest BCUT2D eigenvalue weighted by molar-refractivity contribution is -0.682. The number of allylic oxidation sites excluding steroid dienone is 1. The van der Waals surface area contributed by atoms with Gasteiger partial charge in [0.25, 0.3) is 0 Å². The molecule has 0 aromatic rings. The van der Waals surface area contributed by atoms with Crippen molar-refractivity contribution in [2.45, 2.75) is 25.3 Å². The second-order valence-electron chi connectivity index (χ2n) is 4.58. The number of halogens is 1. The van der Waals surface area contributed by atoms with E-state index in [2.05, 4.69) is 9.98 Å². The number of rotatable bonds is 1. The number of nitrogens with zero attached hydrogens (tertiary/aromatic N) is 3. The molecule has 0 bridgehead atoms. The molecule has 3 heterocycles. The van der Waals surface area contributed by atoms with Gasteiger partial charge >= 0.3 is 0 Å². The van der Waals surface area contributed by atoms with Gasteiger partial charge in [-0.05, 0) is 19.3 Å². The van der Waals surface area contributed by atoms with Crippen LogP contribution >= 0.6 is 0 Å². The van der Waals surface area contributed by atoms with E-state index in [-0.39, 0.29) is 18.4 Å². The largest absolute Gasteiger partial charge is 1.00 e. The zero-order chi connectivity index (χ0) is 12.5. The summed E-state index contributed by atoms with van der Waals surface area (Å²) in [6.07, 6.45) is 8.72. The van der Waals surface area contributed by atoms with E-state index in [9.17, 15) is 9.90 Å². The first-order chi connectivity index (χ1) is 8.77. The Bertz CT molecular complexity index is 498. The molecule has 7 heteroatoms. The lowest BCUT2D eigenvalue weighted by Gasteiger charge is -2.37. The second-order valence-corrected chi connectivity index (χ2v) is 4.58. The lowest BCUT2D eigenvalue weighted by Crippen LogP contribution is -3.04. The zero-order valence-electron chi connectivity index (χ0n) is 10.3. The molecule has 19 heavy (non-hydrogen) atoms. The third-order valence-corrected chi connectivity index (χ3v) is 3.53. The van der Waals surface area contributed by atoms with Crippen molar-refractivity contribution in [1.82, 2.24) is 4.90 Å². The average molecular weight is 282 g/mol. The topological polar surface area (TPSA) is 72.5 Å². The van der Waals surface area contributed by atoms with Gasteiger partial charge in [0.05, 0.1) is 18.5 Å². The summed E-state index contributed by atoms with van der Waals surface area (Å²) in [5.41, 5.74) is 1.75. The quantitative estimate of drug-likeness (QED) is 0.530. The van der Waals surface area contributed by atoms with E-state index in [1.165, 1.54) is 4.90 Å². The van der Waals surface area contributed by atoms with Gasteiger partial charge in [-0.3, -0.25) is 4.99 Å². The van der Waals surface area contributed by atoms with Crippen molar-refractivity contribution in [3.8, 4) is 0 Å². The number of amides is 1. The molecule has 3 aliphatic rings. The van der Waals surface area contributed by atoms with E-state index >= 15 is 0 Å². The molecule has 1 N–H and O–H groups in total. The highest BCUT2D eigenvalue weighted by atomic mass is 35.5. The van der Waals surface area contributed by atoms with Crippen molar-refractivity contribution < 1.29 is 27.2 Å². The molecule has 1 fully saturated rings. The minimum Gasteiger partial charge on any atom is -1.00 e. The molecule has 102 valence electrons. The van der Waals surface area contributed by atoms with Gasteiger partial charge in [0.2, 0.25) is 0 Å². The number of carbonyl (C=O) groups is 1. The maximum atomic E-state index is 11.2. The Hall–Kier alpha value is -1.66.